The molecule has 3 saturated heterocycles. The third-order valence-corrected chi connectivity index (χ3v) is 5.98. The number of carbonyl (C=O) groups is 2. The Morgan fingerprint density at radius 2 is 1.85 bits per heavy atom. The largest absolute Gasteiger partial charge is 0.448 e. The van der Waals surface area contributed by atoms with E-state index in [2.05, 4.69) is 23.2 Å². The molecule has 7 heteroatoms. The maximum atomic E-state index is 12.7. The molecule has 0 atom stereocenters. The minimum absolute atomic E-state index is 0.0564. The second-order valence-electron chi connectivity index (χ2n) is 7.60. The molecule has 4 rings (SSSR count). The van der Waals surface area contributed by atoms with Gasteiger partial charge in [0.15, 0.2) is 0 Å². The Morgan fingerprint density at radius 3 is 2.52 bits per heavy atom. The minimum Gasteiger partial charge on any atom is -0.448 e. The van der Waals surface area contributed by atoms with E-state index < -0.39 is 0 Å². The van der Waals surface area contributed by atoms with E-state index in [0.29, 0.717) is 26.2 Å². The third-order valence-electron chi connectivity index (χ3n) is 5.98. The van der Waals surface area contributed by atoms with Gasteiger partial charge >= 0.3 is 12.1 Å². The number of rotatable bonds is 3. The zero-order chi connectivity index (χ0) is 18.8. The van der Waals surface area contributed by atoms with Gasteiger partial charge in [0, 0.05) is 43.6 Å². The molecule has 0 bridgehead atoms. The van der Waals surface area contributed by atoms with Crippen molar-refractivity contribution < 1.29 is 14.3 Å². The first kappa shape index (κ1) is 17.9. The number of ether oxygens (including phenoxy) is 1. The van der Waals surface area contributed by atoms with Crippen LogP contribution < -0.4 is 10.2 Å². The van der Waals surface area contributed by atoms with Gasteiger partial charge in [-0.15, -0.1) is 0 Å². The predicted octanol–water partition coefficient (Wildman–Crippen LogP) is 3.04. The molecule has 0 aromatic heterocycles. The van der Waals surface area contributed by atoms with Gasteiger partial charge < -0.3 is 24.8 Å². The van der Waals surface area contributed by atoms with Gasteiger partial charge in [0.25, 0.3) is 0 Å². The lowest BCUT2D eigenvalue weighted by Gasteiger charge is -2.35. The fourth-order valence-electron chi connectivity index (χ4n) is 4.37. The zero-order valence-electron chi connectivity index (χ0n) is 15.9. The summed E-state index contributed by atoms with van der Waals surface area (Å²) in [6.07, 6.45) is 3.85. The van der Waals surface area contributed by atoms with E-state index in [1.807, 2.05) is 17.0 Å². The van der Waals surface area contributed by atoms with Crippen molar-refractivity contribution in [2.75, 3.05) is 49.5 Å². The fraction of sp³-hybridized carbons (Fsp3) is 0.600. The van der Waals surface area contributed by atoms with Crippen LogP contribution >= 0.6 is 0 Å². The van der Waals surface area contributed by atoms with Crippen molar-refractivity contribution in [3.05, 3.63) is 23.8 Å². The van der Waals surface area contributed by atoms with Crippen LogP contribution in [0.1, 0.15) is 31.2 Å². The molecule has 1 aromatic carbocycles. The average molecular weight is 372 g/mol. The SMILES string of the molecule is Cc1c(NC(=O)N2CCC(N3CCOC3=O)CC2)cccc1N1CCCC1. The van der Waals surface area contributed by atoms with Crippen LogP contribution in [0, 0.1) is 6.92 Å². The van der Waals surface area contributed by atoms with E-state index >= 15 is 0 Å². The number of hydrogen-bond acceptors (Lipinski definition) is 4. The van der Waals surface area contributed by atoms with Crippen molar-refractivity contribution in [1.82, 2.24) is 9.80 Å². The van der Waals surface area contributed by atoms with E-state index in [4.69, 9.17) is 4.74 Å². The second kappa shape index (κ2) is 7.66. The number of amides is 3. The maximum absolute atomic E-state index is 12.7. The number of cyclic esters (lactones) is 1. The Morgan fingerprint density at radius 1 is 1.11 bits per heavy atom. The summed E-state index contributed by atoms with van der Waals surface area (Å²) >= 11 is 0. The molecule has 0 unspecified atom stereocenters. The highest BCUT2D eigenvalue weighted by Crippen LogP contribution is 2.29. The van der Waals surface area contributed by atoms with Gasteiger partial charge in [0.1, 0.15) is 6.61 Å². The number of hydrogen-bond donors (Lipinski definition) is 1. The van der Waals surface area contributed by atoms with Crippen LogP contribution in [0.4, 0.5) is 21.0 Å². The van der Waals surface area contributed by atoms with Crippen LogP contribution in [0.5, 0.6) is 0 Å². The van der Waals surface area contributed by atoms with Gasteiger partial charge in [-0.05, 0) is 50.3 Å². The Hall–Kier alpha value is -2.44. The number of anilines is 2. The molecule has 7 nitrogen and oxygen atoms in total. The van der Waals surface area contributed by atoms with Gasteiger partial charge in [-0.2, -0.15) is 0 Å². The molecule has 3 amide bonds. The minimum atomic E-state index is -0.216. The third kappa shape index (κ3) is 3.68. The maximum Gasteiger partial charge on any atom is 0.410 e. The Labute approximate surface area is 160 Å². The van der Waals surface area contributed by atoms with Crippen molar-refractivity contribution in [1.29, 1.82) is 0 Å². The van der Waals surface area contributed by atoms with Gasteiger partial charge in [0.05, 0.1) is 6.54 Å². The molecule has 3 heterocycles. The summed E-state index contributed by atoms with van der Waals surface area (Å²) < 4.78 is 5.03. The zero-order valence-corrected chi connectivity index (χ0v) is 15.9. The highest BCUT2D eigenvalue weighted by Gasteiger charge is 2.33. The monoisotopic (exact) mass is 372 g/mol. The summed E-state index contributed by atoms with van der Waals surface area (Å²) in [5, 5.41) is 3.09. The first-order valence-electron chi connectivity index (χ1n) is 9.97. The molecular formula is C20H28N4O3. The highest BCUT2D eigenvalue weighted by atomic mass is 16.6. The van der Waals surface area contributed by atoms with E-state index in [-0.39, 0.29) is 18.2 Å². The van der Waals surface area contributed by atoms with Gasteiger partial charge in [-0.25, -0.2) is 9.59 Å². The van der Waals surface area contributed by atoms with Gasteiger partial charge in [-0.3, -0.25) is 0 Å². The summed E-state index contributed by atoms with van der Waals surface area (Å²) in [7, 11) is 0. The van der Waals surface area contributed by atoms with Crippen molar-refractivity contribution in [3.63, 3.8) is 0 Å². The first-order chi connectivity index (χ1) is 13.1. The van der Waals surface area contributed by atoms with Crippen molar-refractivity contribution in [2.24, 2.45) is 0 Å². The van der Waals surface area contributed by atoms with Crippen molar-refractivity contribution in [3.8, 4) is 0 Å². The topological polar surface area (TPSA) is 65.1 Å². The molecule has 27 heavy (non-hydrogen) atoms. The Bertz CT molecular complexity index is 709. The van der Waals surface area contributed by atoms with Crippen LogP contribution in [0.15, 0.2) is 18.2 Å². The molecule has 0 radical (unpaired) electrons. The van der Waals surface area contributed by atoms with Gasteiger partial charge in [-0.1, -0.05) is 6.07 Å². The van der Waals surface area contributed by atoms with Crippen LogP contribution in [-0.4, -0.2) is 67.3 Å². The van der Waals surface area contributed by atoms with E-state index in [0.717, 1.165) is 37.2 Å². The van der Waals surface area contributed by atoms with E-state index in [1.165, 1.54) is 18.5 Å². The standard InChI is InChI=1S/C20H28N4O3/c1-15-17(5-4-6-18(15)22-9-2-3-10-22)21-19(25)23-11-7-16(8-12-23)24-13-14-27-20(24)26/h4-6,16H,2-3,7-14H2,1H3,(H,21,25). The molecule has 3 aliphatic rings. The molecule has 0 saturated carbocycles. The van der Waals surface area contributed by atoms with E-state index in [9.17, 15) is 9.59 Å². The number of likely N-dealkylation sites (tertiary alicyclic amines) is 1. The quantitative estimate of drug-likeness (QED) is 0.886. The summed E-state index contributed by atoms with van der Waals surface area (Å²) in [6.45, 7) is 6.71. The number of piperidine rings is 1. The van der Waals surface area contributed by atoms with Crippen molar-refractivity contribution >= 4 is 23.5 Å². The molecule has 146 valence electrons. The normalized spacial score (nSPS) is 20.9. The fourth-order valence-corrected chi connectivity index (χ4v) is 4.37. The van der Waals surface area contributed by atoms with E-state index in [1.54, 1.807) is 4.90 Å². The number of nitrogens with one attached hydrogen (secondary N) is 1. The van der Waals surface area contributed by atoms with Gasteiger partial charge in [0.2, 0.25) is 0 Å². The van der Waals surface area contributed by atoms with Crippen LogP contribution in [0.25, 0.3) is 0 Å². The molecule has 3 aliphatic heterocycles. The van der Waals surface area contributed by atoms with Crippen LogP contribution in [-0.2, 0) is 4.74 Å². The lowest BCUT2D eigenvalue weighted by atomic mass is 10.0. The highest BCUT2D eigenvalue weighted by molar-refractivity contribution is 5.91. The molecule has 0 aliphatic carbocycles. The van der Waals surface area contributed by atoms with Crippen LogP contribution in [0.3, 0.4) is 0 Å². The molecular weight excluding hydrogens is 344 g/mol. The summed E-state index contributed by atoms with van der Waals surface area (Å²) in [4.78, 5) is 30.5. The lowest BCUT2D eigenvalue weighted by Crippen LogP contribution is -2.48. The number of urea groups is 1. The predicted molar refractivity (Wildman–Crippen MR) is 104 cm³/mol. The smallest absolute Gasteiger partial charge is 0.410 e. The lowest BCUT2D eigenvalue weighted by molar-refractivity contribution is 0.125. The number of carbonyl (C=O) groups excluding carboxylic acids is 2. The van der Waals surface area contributed by atoms with Crippen molar-refractivity contribution in [2.45, 2.75) is 38.6 Å². The molecule has 0 spiro atoms. The first-order valence-corrected chi connectivity index (χ1v) is 9.97. The molecule has 1 N–H and O–H groups in total. The van der Waals surface area contributed by atoms with Crippen LogP contribution in [0.2, 0.25) is 0 Å². The molecule has 1 aromatic rings. The summed E-state index contributed by atoms with van der Waals surface area (Å²) in [5.74, 6) is 0. The Kier molecular flexibility index (Phi) is 5.09. The Balaban J connectivity index is 1.36. The number of nitrogens with zero attached hydrogens (tertiary/aromatic N) is 3. The average Bonchev–Trinajstić information content (AvgIpc) is 3.35. The second-order valence-corrected chi connectivity index (χ2v) is 7.60. The number of benzene rings is 1. The molecule has 3 fully saturated rings. The summed E-state index contributed by atoms with van der Waals surface area (Å²) in [6, 6.07) is 6.25. The summed E-state index contributed by atoms with van der Waals surface area (Å²) in [5.41, 5.74) is 3.23.